The van der Waals surface area contributed by atoms with Gasteiger partial charge in [-0.25, -0.2) is 9.59 Å². The normalized spacial score (nSPS) is 10.6. The molecule has 0 fully saturated rings. The van der Waals surface area contributed by atoms with Crippen molar-refractivity contribution in [1.29, 1.82) is 0 Å². The topological polar surface area (TPSA) is 147 Å². The fourth-order valence-corrected chi connectivity index (χ4v) is 3.52. The fraction of sp³-hybridized carbons (Fsp3) is 0.280. The van der Waals surface area contributed by atoms with Crippen molar-refractivity contribution < 1.29 is 19.1 Å². The Balaban J connectivity index is 1.79. The van der Waals surface area contributed by atoms with Gasteiger partial charge < -0.3 is 20.5 Å². The molecule has 0 bridgehead atoms. The second-order valence-electron chi connectivity index (χ2n) is 7.78. The molecule has 3 rings (SSSR count). The van der Waals surface area contributed by atoms with Crippen molar-refractivity contribution >= 4 is 29.1 Å². The van der Waals surface area contributed by atoms with Gasteiger partial charge in [0, 0.05) is 25.0 Å². The number of aromatic nitrogens is 2. The number of benzene rings is 2. The number of methoxy groups -OCH3 is 1. The summed E-state index contributed by atoms with van der Waals surface area (Å²) in [4.78, 5) is 50.7. The first kappa shape index (κ1) is 26.2. The largest absolute Gasteiger partial charge is 0.447 e. The maximum Gasteiger partial charge on any atom is 0.411 e. The Bertz CT molecular complexity index is 1330. The summed E-state index contributed by atoms with van der Waals surface area (Å²) in [7, 11) is 1.50. The van der Waals surface area contributed by atoms with E-state index >= 15 is 0 Å². The Hall–Kier alpha value is -4.38. The van der Waals surface area contributed by atoms with Gasteiger partial charge in [0.25, 0.3) is 5.56 Å². The predicted molar refractivity (Wildman–Crippen MR) is 137 cm³/mol. The number of anilines is 3. The Morgan fingerprint density at radius 3 is 2.39 bits per heavy atom. The minimum Gasteiger partial charge on any atom is -0.447 e. The molecule has 0 unspecified atom stereocenters. The van der Waals surface area contributed by atoms with Crippen LogP contribution in [-0.4, -0.2) is 47.9 Å². The third-order valence-electron chi connectivity index (χ3n) is 5.33. The molecule has 0 aliphatic rings. The maximum atomic E-state index is 13.1. The molecule has 1 heterocycles. The van der Waals surface area contributed by atoms with E-state index in [0.717, 1.165) is 10.1 Å². The summed E-state index contributed by atoms with van der Waals surface area (Å²) < 4.78 is 12.0. The molecule has 1 aromatic heterocycles. The molecule has 190 valence electrons. The van der Waals surface area contributed by atoms with Crippen molar-refractivity contribution in [3.05, 3.63) is 86.6 Å². The molecule has 0 aliphatic carbocycles. The van der Waals surface area contributed by atoms with Crippen molar-refractivity contribution in [2.45, 2.75) is 20.0 Å². The van der Waals surface area contributed by atoms with E-state index in [1.165, 1.54) is 11.7 Å². The van der Waals surface area contributed by atoms with Crippen LogP contribution in [0.5, 0.6) is 0 Å². The van der Waals surface area contributed by atoms with Crippen LogP contribution in [0.3, 0.4) is 0 Å². The molecule has 36 heavy (non-hydrogen) atoms. The van der Waals surface area contributed by atoms with Gasteiger partial charge in [-0.15, -0.1) is 0 Å². The number of ether oxygens (including phenoxy) is 2. The third kappa shape index (κ3) is 6.39. The molecule has 0 saturated heterocycles. The van der Waals surface area contributed by atoms with Crippen LogP contribution >= 0.6 is 0 Å². The standard InChI is InChI=1S/C25H29N5O6/c1-3-29-23(32)21(22(26)30(25(29)34)16-17-8-5-4-6-9-17)20(31)15-27-18-10-7-11-19(14-18)28-24(33)36-13-12-35-2/h4-11,14,27H,3,12-13,15-16,26H2,1-2H3,(H,28,33). The van der Waals surface area contributed by atoms with E-state index in [9.17, 15) is 19.2 Å². The summed E-state index contributed by atoms with van der Waals surface area (Å²) in [6, 6.07) is 15.8. The quantitative estimate of drug-likeness (QED) is 0.271. The zero-order chi connectivity index (χ0) is 26.1. The van der Waals surface area contributed by atoms with Gasteiger partial charge in [-0.3, -0.25) is 24.0 Å². The lowest BCUT2D eigenvalue weighted by Crippen LogP contribution is -2.44. The van der Waals surface area contributed by atoms with E-state index in [1.807, 2.05) is 30.3 Å². The molecule has 0 spiro atoms. The number of nitrogen functional groups attached to an aromatic ring is 1. The number of carbonyl (C=O) groups is 2. The first-order valence-corrected chi connectivity index (χ1v) is 11.3. The zero-order valence-electron chi connectivity index (χ0n) is 20.2. The molecule has 3 aromatic rings. The highest BCUT2D eigenvalue weighted by Gasteiger charge is 2.22. The Labute approximate surface area is 207 Å². The second-order valence-corrected chi connectivity index (χ2v) is 7.78. The van der Waals surface area contributed by atoms with Gasteiger partial charge >= 0.3 is 11.8 Å². The predicted octanol–water partition coefficient (Wildman–Crippen LogP) is 2.15. The zero-order valence-corrected chi connectivity index (χ0v) is 20.2. The number of hydrogen-bond donors (Lipinski definition) is 3. The number of nitrogens with zero attached hydrogens (tertiary/aromatic N) is 2. The summed E-state index contributed by atoms with van der Waals surface area (Å²) in [5, 5.41) is 5.51. The van der Waals surface area contributed by atoms with Gasteiger partial charge in [0.1, 0.15) is 18.0 Å². The molecule has 0 saturated carbocycles. The van der Waals surface area contributed by atoms with Gasteiger partial charge in [-0.2, -0.15) is 0 Å². The summed E-state index contributed by atoms with van der Waals surface area (Å²) in [5.74, 6) is -0.751. The van der Waals surface area contributed by atoms with Crippen molar-refractivity contribution in [2.24, 2.45) is 0 Å². The summed E-state index contributed by atoms with van der Waals surface area (Å²) in [6.45, 7) is 1.99. The average molecular weight is 496 g/mol. The monoisotopic (exact) mass is 495 g/mol. The lowest BCUT2D eigenvalue weighted by molar-refractivity contribution is 0.100. The van der Waals surface area contributed by atoms with Crippen molar-refractivity contribution in [3.63, 3.8) is 0 Å². The molecule has 11 nitrogen and oxygen atoms in total. The third-order valence-corrected chi connectivity index (χ3v) is 5.33. The number of amides is 1. The van der Waals surface area contributed by atoms with Crippen molar-refractivity contribution in [1.82, 2.24) is 9.13 Å². The van der Waals surface area contributed by atoms with E-state index in [-0.39, 0.29) is 44.2 Å². The molecule has 1 amide bonds. The highest BCUT2D eigenvalue weighted by Crippen LogP contribution is 2.16. The molecule has 0 atom stereocenters. The second kappa shape index (κ2) is 12.4. The summed E-state index contributed by atoms with van der Waals surface area (Å²) in [5.41, 5.74) is 6.38. The minimum atomic E-state index is -0.731. The number of Topliss-reactive ketones (excluding diaryl/α,β-unsaturated/α-hetero) is 1. The van der Waals surface area contributed by atoms with Crippen LogP contribution in [0.25, 0.3) is 0 Å². The first-order chi connectivity index (χ1) is 17.3. The molecule has 2 aromatic carbocycles. The SMILES string of the molecule is CCn1c(=O)c(C(=O)CNc2cccc(NC(=O)OCCOC)c2)c(N)n(Cc2ccccc2)c1=O. The van der Waals surface area contributed by atoms with E-state index in [2.05, 4.69) is 10.6 Å². The van der Waals surface area contributed by atoms with E-state index in [1.54, 1.807) is 31.2 Å². The van der Waals surface area contributed by atoms with Gasteiger partial charge in [0.15, 0.2) is 5.78 Å². The average Bonchev–Trinajstić information content (AvgIpc) is 2.87. The van der Waals surface area contributed by atoms with E-state index in [0.29, 0.717) is 11.4 Å². The highest BCUT2D eigenvalue weighted by atomic mass is 16.6. The molecular weight excluding hydrogens is 466 g/mol. The van der Waals surface area contributed by atoms with Crippen LogP contribution in [0, 0.1) is 0 Å². The van der Waals surface area contributed by atoms with E-state index < -0.39 is 23.1 Å². The van der Waals surface area contributed by atoms with Crippen LogP contribution in [0.15, 0.2) is 64.2 Å². The van der Waals surface area contributed by atoms with Gasteiger partial charge in [0.2, 0.25) is 0 Å². The number of nitrogens with one attached hydrogen (secondary N) is 2. The molecule has 0 aliphatic heterocycles. The van der Waals surface area contributed by atoms with Crippen LogP contribution in [0.2, 0.25) is 0 Å². The smallest absolute Gasteiger partial charge is 0.411 e. The number of rotatable bonds is 11. The Morgan fingerprint density at radius 2 is 1.69 bits per heavy atom. The van der Waals surface area contributed by atoms with Gasteiger partial charge in [-0.1, -0.05) is 36.4 Å². The lowest BCUT2D eigenvalue weighted by atomic mass is 10.1. The number of carbonyl (C=O) groups excluding carboxylic acids is 2. The van der Waals surface area contributed by atoms with Crippen LogP contribution < -0.4 is 27.6 Å². The minimum absolute atomic E-state index is 0.0919. The van der Waals surface area contributed by atoms with Crippen molar-refractivity contribution in [2.75, 3.05) is 43.2 Å². The first-order valence-electron chi connectivity index (χ1n) is 11.3. The van der Waals surface area contributed by atoms with Gasteiger partial charge in [-0.05, 0) is 30.7 Å². The highest BCUT2D eigenvalue weighted by molar-refractivity contribution is 6.02. The Kier molecular flexibility index (Phi) is 9.01. The maximum absolute atomic E-state index is 13.1. The number of ketones is 1. The van der Waals surface area contributed by atoms with Crippen molar-refractivity contribution in [3.8, 4) is 0 Å². The lowest BCUT2D eigenvalue weighted by Gasteiger charge is -2.16. The van der Waals surface area contributed by atoms with Crippen LogP contribution in [0.1, 0.15) is 22.8 Å². The van der Waals surface area contributed by atoms with Gasteiger partial charge in [0.05, 0.1) is 19.7 Å². The molecule has 4 N–H and O–H groups in total. The molecule has 11 heteroatoms. The number of nitrogens with two attached hydrogens (primary N) is 1. The Morgan fingerprint density at radius 1 is 0.972 bits per heavy atom. The van der Waals surface area contributed by atoms with E-state index in [4.69, 9.17) is 15.2 Å². The number of hydrogen-bond acceptors (Lipinski definition) is 8. The van der Waals surface area contributed by atoms with Crippen LogP contribution in [0.4, 0.5) is 22.0 Å². The molecular formula is C25H29N5O6. The molecule has 0 radical (unpaired) electrons. The summed E-state index contributed by atoms with van der Waals surface area (Å²) >= 11 is 0. The fourth-order valence-electron chi connectivity index (χ4n) is 3.52. The van der Waals surface area contributed by atoms with Crippen LogP contribution in [-0.2, 0) is 22.6 Å². The summed E-state index contributed by atoms with van der Waals surface area (Å²) in [6.07, 6.45) is -0.645.